The number of rotatable bonds is 3. The van der Waals surface area contributed by atoms with Gasteiger partial charge in [-0.2, -0.15) is 0 Å². The number of nitrogens with zero attached hydrogens (tertiary/aromatic N) is 1. The predicted octanol–water partition coefficient (Wildman–Crippen LogP) is 2.09. The Bertz CT molecular complexity index is 181. The lowest BCUT2D eigenvalue weighted by atomic mass is 9.78. The third-order valence-corrected chi connectivity index (χ3v) is 3.36. The maximum absolute atomic E-state index is 10.9. The molecule has 0 aromatic rings. The van der Waals surface area contributed by atoms with Crippen LogP contribution in [0.4, 0.5) is 0 Å². The van der Waals surface area contributed by atoms with Crippen LogP contribution in [0.1, 0.15) is 40.0 Å². The normalized spacial score (nSPS) is 23.0. The fourth-order valence-corrected chi connectivity index (χ4v) is 1.92. The molecule has 0 bridgehead atoms. The SMILES string of the molecule is CCC1(C)CCN(CC(C)=O)CC1. The Morgan fingerprint density at radius 1 is 1.38 bits per heavy atom. The van der Waals surface area contributed by atoms with Crippen molar-refractivity contribution in [3.63, 3.8) is 0 Å². The van der Waals surface area contributed by atoms with E-state index in [0.717, 1.165) is 13.1 Å². The summed E-state index contributed by atoms with van der Waals surface area (Å²) in [6, 6.07) is 0. The van der Waals surface area contributed by atoms with Crippen LogP contribution in [0.3, 0.4) is 0 Å². The topological polar surface area (TPSA) is 20.3 Å². The summed E-state index contributed by atoms with van der Waals surface area (Å²) in [4.78, 5) is 13.2. The van der Waals surface area contributed by atoms with Gasteiger partial charge in [0.25, 0.3) is 0 Å². The molecule has 0 aliphatic carbocycles. The highest BCUT2D eigenvalue weighted by atomic mass is 16.1. The van der Waals surface area contributed by atoms with Crippen molar-refractivity contribution in [1.29, 1.82) is 0 Å². The van der Waals surface area contributed by atoms with Gasteiger partial charge in [0.15, 0.2) is 0 Å². The lowest BCUT2D eigenvalue weighted by molar-refractivity contribution is -0.118. The largest absolute Gasteiger partial charge is 0.299 e. The van der Waals surface area contributed by atoms with E-state index in [1.807, 2.05) is 0 Å². The maximum Gasteiger partial charge on any atom is 0.143 e. The smallest absolute Gasteiger partial charge is 0.143 e. The van der Waals surface area contributed by atoms with Crippen molar-refractivity contribution in [2.75, 3.05) is 19.6 Å². The van der Waals surface area contributed by atoms with Crippen LogP contribution in [0.5, 0.6) is 0 Å². The lowest BCUT2D eigenvalue weighted by Crippen LogP contribution is -2.40. The lowest BCUT2D eigenvalue weighted by Gasteiger charge is -2.38. The van der Waals surface area contributed by atoms with Gasteiger partial charge in [0.05, 0.1) is 6.54 Å². The molecule has 13 heavy (non-hydrogen) atoms. The van der Waals surface area contributed by atoms with Crippen LogP contribution in [-0.4, -0.2) is 30.3 Å². The van der Waals surface area contributed by atoms with Crippen LogP contribution in [0.15, 0.2) is 0 Å². The van der Waals surface area contributed by atoms with Crippen LogP contribution >= 0.6 is 0 Å². The number of carbonyl (C=O) groups excluding carboxylic acids is 1. The van der Waals surface area contributed by atoms with Crippen molar-refractivity contribution in [2.45, 2.75) is 40.0 Å². The maximum atomic E-state index is 10.9. The van der Waals surface area contributed by atoms with Crippen molar-refractivity contribution in [3.8, 4) is 0 Å². The Morgan fingerprint density at radius 3 is 2.31 bits per heavy atom. The highest BCUT2D eigenvalue weighted by Gasteiger charge is 2.28. The van der Waals surface area contributed by atoms with Gasteiger partial charge < -0.3 is 0 Å². The minimum Gasteiger partial charge on any atom is -0.299 e. The van der Waals surface area contributed by atoms with Crippen molar-refractivity contribution < 1.29 is 4.79 Å². The average molecular weight is 183 g/mol. The molecule has 76 valence electrons. The first-order chi connectivity index (χ1) is 6.06. The molecular formula is C11H21NO. The second-order valence-electron chi connectivity index (χ2n) is 4.64. The molecule has 0 N–H and O–H groups in total. The van der Waals surface area contributed by atoms with Gasteiger partial charge in [-0.25, -0.2) is 0 Å². The predicted molar refractivity (Wildman–Crippen MR) is 54.8 cm³/mol. The summed E-state index contributed by atoms with van der Waals surface area (Å²) in [6.07, 6.45) is 3.76. The minimum absolute atomic E-state index is 0.292. The summed E-state index contributed by atoms with van der Waals surface area (Å²) in [5.41, 5.74) is 0.535. The van der Waals surface area contributed by atoms with Gasteiger partial charge >= 0.3 is 0 Å². The molecule has 0 spiro atoms. The highest BCUT2D eigenvalue weighted by molar-refractivity contribution is 5.77. The number of likely N-dealkylation sites (tertiary alicyclic amines) is 1. The summed E-state index contributed by atoms with van der Waals surface area (Å²) in [5, 5.41) is 0. The van der Waals surface area contributed by atoms with Gasteiger partial charge in [0, 0.05) is 0 Å². The third-order valence-electron chi connectivity index (χ3n) is 3.36. The molecule has 2 heteroatoms. The molecule has 0 radical (unpaired) electrons. The van der Waals surface area contributed by atoms with E-state index in [1.54, 1.807) is 6.92 Å². The fraction of sp³-hybridized carbons (Fsp3) is 0.909. The zero-order chi connectivity index (χ0) is 9.90. The monoisotopic (exact) mass is 183 g/mol. The Morgan fingerprint density at radius 2 is 1.92 bits per heavy atom. The summed E-state index contributed by atoms with van der Waals surface area (Å²) < 4.78 is 0. The van der Waals surface area contributed by atoms with Crippen LogP contribution in [0.25, 0.3) is 0 Å². The molecule has 0 unspecified atom stereocenters. The number of Topliss-reactive ketones (excluding diaryl/α,β-unsaturated/α-hetero) is 1. The van der Waals surface area contributed by atoms with Crippen molar-refractivity contribution in [3.05, 3.63) is 0 Å². The first kappa shape index (κ1) is 10.7. The van der Waals surface area contributed by atoms with Crippen LogP contribution in [0, 0.1) is 5.41 Å². The number of hydrogen-bond donors (Lipinski definition) is 0. The van der Waals surface area contributed by atoms with E-state index in [2.05, 4.69) is 18.7 Å². The van der Waals surface area contributed by atoms with Crippen LogP contribution in [0.2, 0.25) is 0 Å². The summed E-state index contributed by atoms with van der Waals surface area (Å²) >= 11 is 0. The number of ketones is 1. The second kappa shape index (κ2) is 4.23. The Hall–Kier alpha value is -0.370. The average Bonchev–Trinajstić information content (AvgIpc) is 2.09. The third kappa shape index (κ3) is 3.11. The fourth-order valence-electron chi connectivity index (χ4n) is 1.92. The van der Waals surface area contributed by atoms with Crippen LogP contribution < -0.4 is 0 Å². The molecule has 1 fully saturated rings. The minimum atomic E-state index is 0.292. The van der Waals surface area contributed by atoms with Crippen LogP contribution in [-0.2, 0) is 4.79 Å². The molecule has 1 heterocycles. The van der Waals surface area contributed by atoms with Crippen molar-refractivity contribution in [1.82, 2.24) is 4.90 Å². The van der Waals surface area contributed by atoms with E-state index in [0.29, 0.717) is 17.7 Å². The van der Waals surface area contributed by atoms with E-state index >= 15 is 0 Å². The molecule has 1 saturated heterocycles. The molecule has 2 nitrogen and oxygen atoms in total. The molecular weight excluding hydrogens is 162 g/mol. The molecule has 0 amide bonds. The quantitative estimate of drug-likeness (QED) is 0.667. The van der Waals surface area contributed by atoms with Gasteiger partial charge in [-0.3, -0.25) is 9.69 Å². The molecule has 0 aromatic carbocycles. The van der Waals surface area contributed by atoms with E-state index < -0.39 is 0 Å². The van der Waals surface area contributed by atoms with E-state index in [9.17, 15) is 4.79 Å². The van der Waals surface area contributed by atoms with Gasteiger partial charge in [0.2, 0.25) is 0 Å². The summed E-state index contributed by atoms with van der Waals surface area (Å²) in [6.45, 7) is 9.15. The molecule has 1 aliphatic heterocycles. The number of hydrogen-bond acceptors (Lipinski definition) is 2. The van der Waals surface area contributed by atoms with Gasteiger partial charge in [-0.1, -0.05) is 20.3 Å². The Balaban J connectivity index is 2.34. The van der Waals surface area contributed by atoms with E-state index in [1.165, 1.54) is 19.3 Å². The van der Waals surface area contributed by atoms with Crippen molar-refractivity contribution in [2.24, 2.45) is 5.41 Å². The van der Waals surface area contributed by atoms with E-state index in [4.69, 9.17) is 0 Å². The summed E-state index contributed by atoms with van der Waals surface area (Å²) in [5.74, 6) is 0.292. The van der Waals surface area contributed by atoms with Gasteiger partial charge in [-0.05, 0) is 38.3 Å². The van der Waals surface area contributed by atoms with Gasteiger partial charge in [-0.15, -0.1) is 0 Å². The molecule has 1 aliphatic rings. The van der Waals surface area contributed by atoms with Crippen molar-refractivity contribution >= 4 is 5.78 Å². The molecule has 1 rings (SSSR count). The first-order valence-electron chi connectivity index (χ1n) is 5.27. The van der Waals surface area contributed by atoms with Gasteiger partial charge in [0.1, 0.15) is 5.78 Å². The summed E-state index contributed by atoms with van der Waals surface area (Å²) in [7, 11) is 0. The molecule has 0 aromatic heterocycles. The first-order valence-corrected chi connectivity index (χ1v) is 5.27. The highest BCUT2D eigenvalue weighted by Crippen LogP contribution is 2.33. The molecule has 0 atom stereocenters. The molecule has 0 saturated carbocycles. The Kier molecular flexibility index (Phi) is 3.48. The second-order valence-corrected chi connectivity index (χ2v) is 4.64. The standard InChI is InChI=1S/C11H21NO/c1-4-11(3)5-7-12(8-6-11)9-10(2)13/h4-9H2,1-3H3. The van der Waals surface area contributed by atoms with E-state index in [-0.39, 0.29) is 0 Å². The Labute approximate surface area is 81.3 Å². The zero-order valence-corrected chi connectivity index (χ0v) is 9.10. The zero-order valence-electron chi connectivity index (χ0n) is 9.10. The number of piperidine rings is 1. The number of carbonyl (C=O) groups is 1.